The molecule has 0 aliphatic carbocycles. The molecule has 1 aromatic rings. The average molecular weight is 278 g/mol. The molecule has 1 N–H and O–H groups in total. The number of nitrogens with one attached hydrogen (secondary N) is 1. The third-order valence-corrected chi connectivity index (χ3v) is 2.88. The van der Waals surface area contributed by atoms with Crippen LogP contribution in [0.15, 0.2) is 6.20 Å². The van der Waals surface area contributed by atoms with E-state index in [1.54, 1.807) is 0 Å². The Morgan fingerprint density at radius 3 is 2.76 bits per heavy atom. The van der Waals surface area contributed by atoms with E-state index in [1.807, 2.05) is 0 Å². The number of ether oxygens (including phenoxy) is 1. The van der Waals surface area contributed by atoms with E-state index in [1.165, 1.54) is 13.3 Å². The van der Waals surface area contributed by atoms with Crippen molar-refractivity contribution in [3.63, 3.8) is 0 Å². The maximum absolute atomic E-state index is 5.99. The minimum atomic E-state index is 0.0866. The van der Waals surface area contributed by atoms with Crippen LogP contribution in [-0.2, 0) is 0 Å². The first-order valence-corrected chi connectivity index (χ1v) is 6.26. The first-order chi connectivity index (χ1) is 7.98. The smallest absolute Gasteiger partial charge is 0.318 e. The van der Waals surface area contributed by atoms with Crippen molar-refractivity contribution in [1.82, 2.24) is 9.97 Å². The number of anilines is 1. The molecule has 0 saturated carbocycles. The summed E-state index contributed by atoms with van der Waals surface area (Å²) < 4.78 is 4.95. The van der Waals surface area contributed by atoms with Gasteiger partial charge in [0.1, 0.15) is 5.02 Å². The molecule has 0 aliphatic heterocycles. The molecule has 0 radical (unpaired) electrons. The predicted molar refractivity (Wildman–Crippen MR) is 71.2 cm³/mol. The van der Waals surface area contributed by atoms with Crippen LogP contribution in [0.25, 0.3) is 0 Å². The summed E-state index contributed by atoms with van der Waals surface area (Å²) in [7, 11) is 1.52. The third kappa shape index (κ3) is 4.56. The highest BCUT2D eigenvalue weighted by atomic mass is 35.5. The van der Waals surface area contributed by atoms with E-state index >= 15 is 0 Å². The standard InChI is InChI=1S/C11H17Cl2N3O/c1-11(2,4-5-12)7-15-9-8(13)6-14-10(16-9)17-3/h6H,4-5,7H2,1-3H3,(H,14,15,16). The molecule has 0 fully saturated rings. The van der Waals surface area contributed by atoms with Crippen LogP contribution in [-0.4, -0.2) is 29.5 Å². The largest absolute Gasteiger partial charge is 0.467 e. The van der Waals surface area contributed by atoms with Crippen LogP contribution >= 0.6 is 23.2 Å². The van der Waals surface area contributed by atoms with Crippen molar-refractivity contribution in [3.05, 3.63) is 11.2 Å². The van der Waals surface area contributed by atoms with Gasteiger partial charge in [0.2, 0.25) is 0 Å². The molecule has 0 unspecified atom stereocenters. The lowest BCUT2D eigenvalue weighted by atomic mass is 9.90. The van der Waals surface area contributed by atoms with Crippen molar-refractivity contribution in [2.24, 2.45) is 5.41 Å². The van der Waals surface area contributed by atoms with E-state index in [9.17, 15) is 0 Å². The van der Waals surface area contributed by atoms with Gasteiger partial charge >= 0.3 is 6.01 Å². The second kappa shape index (κ2) is 6.26. The van der Waals surface area contributed by atoms with Crippen molar-refractivity contribution in [2.75, 3.05) is 24.9 Å². The van der Waals surface area contributed by atoms with Crippen molar-refractivity contribution in [2.45, 2.75) is 20.3 Å². The van der Waals surface area contributed by atoms with Gasteiger partial charge in [-0.3, -0.25) is 0 Å². The van der Waals surface area contributed by atoms with Gasteiger partial charge in [-0.25, -0.2) is 4.98 Å². The molecule has 1 aromatic heterocycles. The lowest BCUT2D eigenvalue weighted by Gasteiger charge is -2.24. The number of halogens is 2. The Kier molecular flexibility index (Phi) is 5.28. The molecule has 17 heavy (non-hydrogen) atoms. The van der Waals surface area contributed by atoms with Crippen LogP contribution < -0.4 is 10.1 Å². The Bertz CT molecular complexity index is 372. The molecule has 1 heterocycles. The molecule has 0 spiro atoms. The number of nitrogens with zero attached hydrogens (tertiary/aromatic N) is 2. The quantitative estimate of drug-likeness (QED) is 0.812. The Labute approximate surface area is 112 Å². The van der Waals surface area contributed by atoms with Crippen molar-refractivity contribution >= 4 is 29.0 Å². The van der Waals surface area contributed by atoms with Gasteiger partial charge in [-0.1, -0.05) is 25.4 Å². The van der Waals surface area contributed by atoms with Crippen LogP contribution in [0.4, 0.5) is 5.82 Å². The first kappa shape index (κ1) is 14.3. The lowest BCUT2D eigenvalue weighted by Crippen LogP contribution is -2.24. The van der Waals surface area contributed by atoms with Gasteiger partial charge in [0.15, 0.2) is 5.82 Å². The number of hydrogen-bond donors (Lipinski definition) is 1. The highest BCUT2D eigenvalue weighted by Gasteiger charge is 2.17. The second-order valence-corrected chi connectivity index (χ2v) is 5.30. The summed E-state index contributed by atoms with van der Waals surface area (Å²) >= 11 is 11.7. The molecule has 0 atom stereocenters. The maximum atomic E-state index is 5.99. The molecule has 4 nitrogen and oxygen atoms in total. The molecule has 0 aliphatic rings. The molecule has 0 aromatic carbocycles. The van der Waals surface area contributed by atoms with Crippen LogP contribution in [0.3, 0.4) is 0 Å². The van der Waals surface area contributed by atoms with E-state index in [4.69, 9.17) is 27.9 Å². The Hall–Kier alpha value is -0.740. The average Bonchev–Trinajstić information content (AvgIpc) is 2.28. The summed E-state index contributed by atoms with van der Waals surface area (Å²) in [5, 5.41) is 3.67. The summed E-state index contributed by atoms with van der Waals surface area (Å²) in [6.07, 6.45) is 2.44. The predicted octanol–water partition coefficient (Wildman–Crippen LogP) is 3.21. The fourth-order valence-corrected chi connectivity index (χ4v) is 1.91. The monoisotopic (exact) mass is 277 g/mol. The fourth-order valence-electron chi connectivity index (χ4n) is 1.24. The molecule has 0 saturated heterocycles. The number of aromatic nitrogens is 2. The zero-order valence-electron chi connectivity index (χ0n) is 10.3. The molecular weight excluding hydrogens is 261 g/mol. The number of hydrogen-bond acceptors (Lipinski definition) is 4. The minimum Gasteiger partial charge on any atom is -0.467 e. The first-order valence-electron chi connectivity index (χ1n) is 5.35. The van der Waals surface area contributed by atoms with Crippen molar-refractivity contribution < 1.29 is 4.74 Å². The summed E-state index contributed by atoms with van der Waals surface area (Å²) in [5.41, 5.74) is 0.0866. The highest BCUT2D eigenvalue weighted by Crippen LogP contribution is 2.25. The van der Waals surface area contributed by atoms with E-state index in [0.29, 0.717) is 22.7 Å². The van der Waals surface area contributed by atoms with Gasteiger partial charge in [0, 0.05) is 12.4 Å². The summed E-state index contributed by atoms with van der Waals surface area (Å²) in [5.74, 6) is 1.22. The Balaban J connectivity index is 2.68. The number of alkyl halides is 1. The second-order valence-electron chi connectivity index (χ2n) is 4.51. The normalized spacial score (nSPS) is 11.4. The molecule has 0 bridgehead atoms. The lowest BCUT2D eigenvalue weighted by molar-refractivity contribution is 0.373. The van der Waals surface area contributed by atoms with Gasteiger partial charge in [0.05, 0.1) is 13.3 Å². The molecule has 1 rings (SSSR count). The van der Waals surface area contributed by atoms with E-state index in [-0.39, 0.29) is 5.41 Å². The van der Waals surface area contributed by atoms with Gasteiger partial charge < -0.3 is 10.1 Å². The van der Waals surface area contributed by atoms with Gasteiger partial charge in [-0.15, -0.1) is 11.6 Å². The molecular formula is C11H17Cl2N3O. The van der Waals surface area contributed by atoms with E-state index in [0.717, 1.165) is 13.0 Å². The SMILES string of the molecule is COc1ncc(Cl)c(NCC(C)(C)CCCl)n1. The molecule has 6 heteroatoms. The van der Waals surface area contributed by atoms with E-state index < -0.39 is 0 Å². The maximum Gasteiger partial charge on any atom is 0.318 e. The van der Waals surface area contributed by atoms with Gasteiger partial charge in [-0.05, 0) is 11.8 Å². The van der Waals surface area contributed by atoms with Crippen molar-refractivity contribution in [1.29, 1.82) is 0 Å². The van der Waals surface area contributed by atoms with E-state index in [2.05, 4.69) is 29.1 Å². The van der Waals surface area contributed by atoms with Crippen molar-refractivity contribution in [3.8, 4) is 6.01 Å². The third-order valence-electron chi connectivity index (χ3n) is 2.41. The fraction of sp³-hybridized carbons (Fsp3) is 0.636. The number of methoxy groups -OCH3 is 1. The zero-order valence-corrected chi connectivity index (χ0v) is 11.8. The minimum absolute atomic E-state index is 0.0866. The number of rotatable bonds is 6. The van der Waals surface area contributed by atoms with Crippen LogP contribution in [0.2, 0.25) is 5.02 Å². The summed E-state index contributed by atoms with van der Waals surface area (Å²) in [6.45, 7) is 5.00. The topological polar surface area (TPSA) is 47.0 Å². The van der Waals surface area contributed by atoms with Gasteiger partial charge in [-0.2, -0.15) is 4.98 Å². The van der Waals surface area contributed by atoms with Crippen LogP contribution in [0, 0.1) is 5.41 Å². The molecule has 96 valence electrons. The Morgan fingerprint density at radius 1 is 1.47 bits per heavy atom. The van der Waals surface area contributed by atoms with Crippen LogP contribution in [0.1, 0.15) is 20.3 Å². The molecule has 0 amide bonds. The highest BCUT2D eigenvalue weighted by molar-refractivity contribution is 6.32. The summed E-state index contributed by atoms with van der Waals surface area (Å²) in [4.78, 5) is 8.06. The van der Waals surface area contributed by atoms with Gasteiger partial charge in [0.25, 0.3) is 0 Å². The van der Waals surface area contributed by atoms with Crippen LogP contribution in [0.5, 0.6) is 6.01 Å². The Morgan fingerprint density at radius 2 is 2.18 bits per heavy atom. The summed E-state index contributed by atoms with van der Waals surface area (Å²) in [6, 6.07) is 0.298. The zero-order chi connectivity index (χ0) is 12.9.